The van der Waals surface area contributed by atoms with Gasteiger partial charge in [-0.05, 0) is 30.5 Å². The summed E-state index contributed by atoms with van der Waals surface area (Å²) in [7, 11) is 0. The van der Waals surface area contributed by atoms with Crippen LogP contribution in [0, 0.1) is 0 Å². The number of fused-ring (bicyclic) bond motifs is 1. The van der Waals surface area contributed by atoms with Gasteiger partial charge in [-0.15, -0.1) is 11.8 Å². The first-order chi connectivity index (χ1) is 11.6. The number of hydrogen-bond donors (Lipinski definition) is 3. The van der Waals surface area contributed by atoms with Gasteiger partial charge in [0.15, 0.2) is 0 Å². The van der Waals surface area contributed by atoms with Gasteiger partial charge in [-0.25, -0.2) is 4.79 Å². The molecule has 2 aromatic carbocycles. The minimum absolute atomic E-state index is 0.00482. The van der Waals surface area contributed by atoms with E-state index in [2.05, 4.69) is 10.3 Å². The second kappa shape index (κ2) is 6.80. The van der Waals surface area contributed by atoms with E-state index in [1.807, 2.05) is 48.7 Å². The van der Waals surface area contributed by atoms with E-state index < -0.39 is 5.97 Å². The number of rotatable bonds is 5. The molecule has 0 saturated heterocycles. The summed E-state index contributed by atoms with van der Waals surface area (Å²) in [6.45, 7) is 0. The van der Waals surface area contributed by atoms with Crippen molar-refractivity contribution in [3.05, 3.63) is 59.8 Å². The normalized spacial score (nSPS) is 10.7. The fraction of sp³-hybridized carbons (Fsp3) is 0.111. The number of H-pyrrole nitrogens is 1. The van der Waals surface area contributed by atoms with Crippen LogP contribution < -0.4 is 5.32 Å². The van der Waals surface area contributed by atoms with Crippen LogP contribution in [0.5, 0.6) is 0 Å². The van der Waals surface area contributed by atoms with Gasteiger partial charge in [0.25, 0.3) is 0 Å². The van der Waals surface area contributed by atoms with E-state index in [-0.39, 0.29) is 18.0 Å². The summed E-state index contributed by atoms with van der Waals surface area (Å²) < 4.78 is 0. The Morgan fingerprint density at radius 3 is 2.71 bits per heavy atom. The molecule has 24 heavy (non-hydrogen) atoms. The molecule has 0 fully saturated rings. The van der Waals surface area contributed by atoms with E-state index >= 15 is 0 Å². The van der Waals surface area contributed by atoms with Crippen LogP contribution in [0.3, 0.4) is 0 Å². The van der Waals surface area contributed by atoms with E-state index in [0.29, 0.717) is 16.8 Å². The average Bonchev–Trinajstić information content (AvgIpc) is 2.94. The summed E-state index contributed by atoms with van der Waals surface area (Å²) >= 11 is 1.59. The maximum atomic E-state index is 12.4. The number of aromatic carboxylic acids is 1. The molecule has 0 unspecified atom stereocenters. The number of carboxylic acid groups (broad SMARTS) is 1. The Morgan fingerprint density at radius 2 is 1.96 bits per heavy atom. The predicted octanol–water partition coefficient (Wildman–Crippen LogP) is 3.77. The van der Waals surface area contributed by atoms with E-state index in [4.69, 9.17) is 0 Å². The predicted molar refractivity (Wildman–Crippen MR) is 95.8 cm³/mol. The van der Waals surface area contributed by atoms with Gasteiger partial charge in [-0.1, -0.05) is 24.3 Å². The first kappa shape index (κ1) is 16.1. The topological polar surface area (TPSA) is 82.2 Å². The minimum Gasteiger partial charge on any atom is -0.477 e. The van der Waals surface area contributed by atoms with Crippen molar-refractivity contribution >= 4 is 40.2 Å². The first-order valence-corrected chi connectivity index (χ1v) is 8.57. The minimum atomic E-state index is -1.07. The lowest BCUT2D eigenvalue weighted by molar-refractivity contribution is -0.115. The van der Waals surface area contributed by atoms with Crippen LogP contribution in [-0.2, 0) is 11.2 Å². The third-order valence-corrected chi connectivity index (χ3v) is 4.44. The zero-order valence-electron chi connectivity index (χ0n) is 13.0. The van der Waals surface area contributed by atoms with Crippen LogP contribution in [0.25, 0.3) is 10.9 Å². The standard InChI is InChI=1S/C18H16N2O3S/c1-24-12-6-4-5-11(9-12)19-16(21)10-14-13-7-2-3-8-15(13)20-17(14)18(22)23/h2-9,20H,10H2,1H3,(H,19,21)(H,22,23). The molecule has 3 N–H and O–H groups in total. The van der Waals surface area contributed by atoms with Crippen molar-refractivity contribution in [2.24, 2.45) is 0 Å². The number of carboxylic acids is 1. The van der Waals surface area contributed by atoms with Crippen molar-refractivity contribution < 1.29 is 14.7 Å². The fourth-order valence-electron chi connectivity index (χ4n) is 2.63. The van der Waals surface area contributed by atoms with Crippen LogP contribution in [0.15, 0.2) is 53.4 Å². The maximum Gasteiger partial charge on any atom is 0.352 e. The van der Waals surface area contributed by atoms with Crippen LogP contribution >= 0.6 is 11.8 Å². The molecule has 0 aliphatic rings. The highest BCUT2D eigenvalue weighted by Crippen LogP contribution is 2.24. The summed E-state index contributed by atoms with van der Waals surface area (Å²) in [5, 5.41) is 13.0. The molecule has 6 heteroatoms. The molecule has 0 bridgehead atoms. The van der Waals surface area contributed by atoms with Gasteiger partial charge >= 0.3 is 5.97 Å². The number of para-hydroxylation sites is 1. The molecule has 0 spiro atoms. The maximum absolute atomic E-state index is 12.4. The SMILES string of the molecule is CSc1cccc(NC(=O)Cc2c(C(=O)O)[nH]c3ccccc23)c1. The van der Waals surface area contributed by atoms with Gasteiger partial charge < -0.3 is 15.4 Å². The second-order valence-electron chi connectivity index (χ2n) is 5.29. The van der Waals surface area contributed by atoms with E-state index in [1.165, 1.54) is 0 Å². The average molecular weight is 340 g/mol. The Morgan fingerprint density at radius 1 is 1.17 bits per heavy atom. The first-order valence-electron chi connectivity index (χ1n) is 7.35. The van der Waals surface area contributed by atoms with Gasteiger partial charge in [0.05, 0.1) is 6.42 Å². The number of nitrogens with one attached hydrogen (secondary N) is 2. The van der Waals surface area contributed by atoms with Gasteiger partial charge in [0.1, 0.15) is 5.69 Å². The third-order valence-electron chi connectivity index (χ3n) is 3.72. The molecule has 0 aliphatic heterocycles. The lowest BCUT2D eigenvalue weighted by Crippen LogP contribution is -2.16. The Kier molecular flexibility index (Phi) is 4.57. The molecular weight excluding hydrogens is 324 g/mol. The molecule has 1 aromatic heterocycles. The lowest BCUT2D eigenvalue weighted by Gasteiger charge is -2.07. The van der Waals surface area contributed by atoms with Crippen molar-refractivity contribution in [1.82, 2.24) is 4.98 Å². The van der Waals surface area contributed by atoms with Crippen molar-refractivity contribution in [3.63, 3.8) is 0 Å². The van der Waals surface area contributed by atoms with Gasteiger partial charge in [0.2, 0.25) is 5.91 Å². The lowest BCUT2D eigenvalue weighted by atomic mass is 10.1. The molecule has 3 aromatic rings. The van der Waals surface area contributed by atoms with Gasteiger partial charge in [0, 0.05) is 27.0 Å². The van der Waals surface area contributed by atoms with Crippen LogP contribution in [0.1, 0.15) is 16.1 Å². The number of aromatic nitrogens is 1. The zero-order chi connectivity index (χ0) is 17.1. The van der Waals surface area contributed by atoms with E-state index in [1.54, 1.807) is 17.8 Å². The highest BCUT2D eigenvalue weighted by molar-refractivity contribution is 7.98. The van der Waals surface area contributed by atoms with Crippen LogP contribution in [-0.4, -0.2) is 28.2 Å². The second-order valence-corrected chi connectivity index (χ2v) is 6.17. The number of thioether (sulfide) groups is 1. The van der Waals surface area contributed by atoms with Crippen molar-refractivity contribution in [2.75, 3.05) is 11.6 Å². The number of carbonyl (C=O) groups is 2. The summed E-state index contributed by atoms with van der Waals surface area (Å²) in [6, 6.07) is 14.8. The Hall–Kier alpha value is -2.73. The smallest absolute Gasteiger partial charge is 0.352 e. The van der Waals surface area contributed by atoms with Crippen molar-refractivity contribution in [3.8, 4) is 0 Å². The molecular formula is C18H16N2O3S. The largest absolute Gasteiger partial charge is 0.477 e. The van der Waals surface area contributed by atoms with Crippen LogP contribution in [0.2, 0.25) is 0 Å². The summed E-state index contributed by atoms with van der Waals surface area (Å²) in [4.78, 5) is 27.7. The Balaban J connectivity index is 1.87. The van der Waals surface area contributed by atoms with E-state index in [9.17, 15) is 14.7 Å². The number of anilines is 1. The molecule has 1 heterocycles. The van der Waals surface area contributed by atoms with Gasteiger partial charge in [-0.2, -0.15) is 0 Å². The number of carbonyl (C=O) groups excluding carboxylic acids is 1. The zero-order valence-corrected chi connectivity index (χ0v) is 13.8. The van der Waals surface area contributed by atoms with E-state index in [0.717, 1.165) is 10.3 Å². The van der Waals surface area contributed by atoms with Crippen molar-refractivity contribution in [1.29, 1.82) is 0 Å². The molecule has 1 amide bonds. The molecule has 3 rings (SSSR count). The molecule has 122 valence electrons. The third kappa shape index (κ3) is 3.28. The fourth-order valence-corrected chi connectivity index (χ4v) is 3.09. The molecule has 0 atom stereocenters. The highest BCUT2D eigenvalue weighted by atomic mass is 32.2. The quantitative estimate of drug-likeness (QED) is 0.618. The van der Waals surface area contributed by atoms with Crippen molar-refractivity contribution in [2.45, 2.75) is 11.3 Å². The Bertz CT molecular complexity index is 918. The van der Waals surface area contributed by atoms with Crippen LogP contribution in [0.4, 0.5) is 5.69 Å². The van der Waals surface area contributed by atoms with Gasteiger partial charge in [-0.3, -0.25) is 4.79 Å². The monoisotopic (exact) mass is 340 g/mol. The summed E-state index contributed by atoms with van der Waals surface area (Å²) in [5.74, 6) is -1.32. The molecule has 0 aliphatic carbocycles. The molecule has 0 saturated carbocycles. The highest BCUT2D eigenvalue weighted by Gasteiger charge is 2.19. The number of amides is 1. The molecule has 5 nitrogen and oxygen atoms in total. The number of aromatic amines is 1. The summed E-state index contributed by atoms with van der Waals surface area (Å²) in [6.07, 6.45) is 1.96. The number of benzene rings is 2. The Labute approximate surface area is 143 Å². The number of hydrogen-bond acceptors (Lipinski definition) is 3. The molecule has 0 radical (unpaired) electrons. The summed E-state index contributed by atoms with van der Waals surface area (Å²) in [5.41, 5.74) is 1.96.